The first-order valence-corrected chi connectivity index (χ1v) is 6.91. The Labute approximate surface area is 123 Å². The number of amides is 2. The highest BCUT2D eigenvalue weighted by Crippen LogP contribution is 2.39. The van der Waals surface area contributed by atoms with Crippen molar-refractivity contribution < 1.29 is 4.79 Å². The van der Waals surface area contributed by atoms with Crippen LogP contribution in [-0.2, 0) is 0 Å². The zero-order chi connectivity index (χ0) is 14.8. The van der Waals surface area contributed by atoms with Crippen molar-refractivity contribution in [3.05, 3.63) is 59.7 Å². The zero-order valence-corrected chi connectivity index (χ0v) is 11.5. The molecule has 0 spiro atoms. The molecule has 2 atom stereocenters. The maximum absolute atomic E-state index is 10.9. The maximum atomic E-state index is 10.9. The van der Waals surface area contributed by atoms with Crippen LogP contribution in [0.4, 0.5) is 16.2 Å². The number of urea groups is 1. The standard InChI is InChI=1S/C16H18N4O/c17-14-9-15(13-7-2-1-6-12(13)14)19-10-4-3-5-11(8-10)20-16(18)21/h1-8,14-15,19H,9,17H2,(H3,18,20,21). The van der Waals surface area contributed by atoms with Gasteiger partial charge in [-0.2, -0.15) is 0 Å². The van der Waals surface area contributed by atoms with E-state index in [1.165, 1.54) is 11.1 Å². The van der Waals surface area contributed by atoms with Gasteiger partial charge in [-0.1, -0.05) is 30.3 Å². The summed E-state index contributed by atoms with van der Waals surface area (Å²) in [5.41, 5.74) is 15.3. The van der Waals surface area contributed by atoms with Gasteiger partial charge in [-0.05, 0) is 35.7 Å². The Kier molecular flexibility index (Phi) is 3.50. The van der Waals surface area contributed by atoms with E-state index in [0.29, 0.717) is 5.69 Å². The first kappa shape index (κ1) is 13.5. The zero-order valence-electron chi connectivity index (χ0n) is 11.5. The molecule has 2 amide bonds. The van der Waals surface area contributed by atoms with E-state index in [9.17, 15) is 4.79 Å². The molecule has 0 saturated heterocycles. The van der Waals surface area contributed by atoms with Gasteiger partial charge in [0, 0.05) is 17.4 Å². The summed E-state index contributed by atoms with van der Waals surface area (Å²) in [5, 5.41) is 6.04. The Balaban J connectivity index is 1.80. The van der Waals surface area contributed by atoms with Crippen molar-refractivity contribution in [2.75, 3.05) is 10.6 Å². The largest absolute Gasteiger partial charge is 0.378 e. The Morgan fingerprint density at radius 3 is 2.52 bits per heavy atom. The quantitative estimate of drug-likeness (QED) is 0.697. The Morgan fingerprint density at radius 1 is 1.05 bits per heavy atom. The van der Waals surface area contributed by atoms with E-state index in [1.807, 2.05) is 30.3 Å². The fourth-order valence-electron chi connectivity index (χ4n) is 2.84. The van der Waals surface area contributed by atoms with Crippen LogP contribution >= 0.6 is 0 Å². The average Bonchev–Trinajstić information content (AvgIpc) is 2.76. The Bertz CT molecular complexity index is 671. The van der Waals surface area contributed by atoms with Crippen molar-refractivity contribution in [2.45, 2.75) is 18.5 Å². The molecule has 2 aromatic carbocycles. The number of carbonyl (C=O) groups excluding carboxylic acids is 1. The van der Waals surface area contributed by atoms with Crippen molar-refractivity contribution in [2.24, 2.45) is 11.5 Å². The van der Waals surface area contributed by atoms with Crippen LogP contribution < -0.4 is 22.1 Å². The molecule has 5 heteroatoms. The van der Waals surface area contributed by atoms with E-state index in [2.05, 4.69) is 22.8 Å². The molecule has 0 heterocycles. The second-order valence-corrected chi connectivity index (χ2v) is 5.24. The molecule has 0 saturated carbocycles. The van der Waals surface area contributed by atoms with Gasteiger partial charge >= 0.3 is 6.03 Å². The number of primary amides is 1. The molecule has 108 valence electrons. The van der Waals surface area contributed by atoms with Gasteiger partial charge in [-0.25, -0.2) is 4.79 Å². The van der Waals surface area contributed by atoms with E-state index in [4.69, 9.17) is 11.5 Å². The van der Waals surface area contributed by atoms with Gasteiger partial charge in [-0.3, -0.25) is 0 Å². The van der Waals surface area contributed by atoms with Gasteiger partial charge in [0.15, 0.2) is 0 Å². The van der Waals surface area contributed by atoms with E-state index in [0.717, 1.165) is 12.1 Å². The van der Waals surface area contributed by atoms with Crippen molar-refractivity contribution in [1.29, 1.82) is 0 Å². The molecular formula is C16H18N4O. The minimum absolute atomic E-state index is 0.0608. The van der Waals surface area contributed by atoms with Gasteiger partial charge in [0.25, 0.3) is 0 Å². The number of benzene rings is 2. The molecule has 0 aliphatic heterocycles. The molecule has 0 bridgehead atoms. The normalized spacial score (nSPS) is 19.9. The lowest BCUT2D eigenvalue weighted by Gasteiger charge is -2.16. The lowest BCUT2D eigenvalue weighted by atomic mass is 10.1. The van der Waals surface area contributed by atoms with E-state index < -0.39 is 6.03 Å². The van der Waals surface area contributed by atoms with Gasteiger partial charge < -0.3 is 22.1 Å². The summed E-state index contributed by atoms with van der Waals surface area (Å²) in [6, 6.07) is 15.4. The topological polar surface area (TPSA) is 93.2 Å². The number of fused-ring (bicyclic) bond motifs is 1. The summed E-state index contributed by atoms with van der Waals surface area (Å²) in [6.45, 7) is 0. The molecule has 21 heavy (non-hydrogen) atoms. The molecular weight excluding hydrogens is 264 g/mol. The van der Waals surface area contributed by atoms with Crippen LogP contribution in [0.5, 0.6) is 0 Å². The third-order valence-electron chi connectivity index (χ3n) is 3.73. The predicted octanol–water partition coefficient (Wildman–Crippen LogP) is 2.73. The highest BCUT2D eigenvalue weighted by Gasteiger charge is 2.27. The van der Waals surface area contributed by atoms with Crippen molar-refractivity contribution >= 4 is 17.4 Å². The maximum Gasteiger partial charge on any atom is 0.316 e. The van der Waals surface area contributed by atoms with Crippen molar-refractivity contribution in [3.63, 3.8) is 0 Å². The van der Waals surface area contributed by atoms with Gasteiger partial charge in [0.05, 0.1) is 6.04 Å². The lowest BCUT2D eigenvalue weighted by Crippen LogP contribution is -2.19. The van der Waals surface area contributed by atoms with Gasteiger partial charge in [-0.15, -0.1) is 0 Å². The molecule has 5 nitrogen and oxygen atoms in total. The molecule has 1 aliphatic rings. The molecule has 2 aromatic rings. The number of hydrogen-bond donors (Lipinski definition) is 4. The van der Waals surface area contributed by atoms with Crippen LogP contribution in [0.15, 0.2) is 48.5 Å². The third kappa shape index (κ3) is 2.83. The van der Waals surface area contributed by atoms with E-state index in [1.54, 1.807) is 6.07 Å². The van der Waals surface area contributed by atoms with Crippen LogP contribution in [0.3, 0.4) is 0 Å². The van der Waals surface area contributed by atoms with Crippen LogP contribution in [0.1, 0.15) is 29.6 Å². The van der Waals surface area contributed by atoms with Gasteiger partial charge in [0.1, 0.15) is 0 Å². The summed E-state index contributed by atoms with van der Waals surface area (Å²) in [7, 11) is 0. The Hall–Kier alpha value is -2.53. The molecule has 3 rings (SSSR count). The molecule has 0 radical (unpaired) electrons. The minimum atomic E-state index is -0.569. The first-order chi connectivity index (χ1) is 10.1. The predicted molar refractivity (Wildman–Crippen MR) is 84.0 cm³/mol. The van der Waals surface area contributed by atoms with Crippen molar-refractivity contribution in [1.82, 2.24) is 0 Å². The first-order valence-electron chi connectivity index (χ1n) is 6.91. The number of hydrogen-bond acceptors (Lipinski definition) is 3. The number of rotatable bonds is 3. The monoisotopic (exact) mass is 282 g/mol. The molecule has 6 N–H and O–H groups in total. The number of carbonyl (C=O) groups is 1. The minimum Gasteiger partial charge on any atom is -0.378 e. The highest BCUT2D eigenvalue weighted by atomic mass is 16.2. The molecule has 0 fully saturated rings. The number of nitrogens with two attached hydrogens (primary N) is 2. The summed E-state index contributed by atoms with van der Waals surface area (Å²) >= 11 is 0. The SMILES string of the molecule is NC(=O)Nc1cccc(NC2CC(N)c3ccccc32)c1. The average molecular weight is 282 g/mol. The summed E-state index contributed by atoms with van der Waals surface area (Å²) < 4.78 is 0. The smallest absolute Gasteiger partial charge is 0.316 e. The van der Waals surface area contributed by atoms with Crippen LogP contribution in [-0.4, -0.2) is 6.03 Å². The second kappa shape index (κ2) is 5.46. The van der Waals surface area contributed by atoms with Crippen molar-refractivity contribution in [3.8, 4) is 0 Å². The molecule has 1 aliphatic carbocycles. The number of nitrogens with one attached hydrogen (secondary N) is 2. The van der Waals surface area contributed by atoms with Crippen LogP contribution in [0, 0.1) is 0 Å². The summed E-state index contributed by atoms with van der Waals surface area (Å²) in [4.78, 5) is 10.9. The lowest BCUT2D eigenvalue weighted by molar-refractivity contribution is 0.259. The summed E-state index contributed by atoms with van der Waals surface area (Å²) in [5.74, 6) is 0. The fourth-order valence-corrected chi connectivity index (χ4v) is 2.84. The van der Waals surface area contributed by atoms with Crippen LogP contribution in [0.2, 0.25) is 0 Å². The fraction of sp³-hybridized carbons (Fsp3) is 0.188. The van der Waals surface area contributed by atoms with E-state index in [-0.39, 0.29) is 12.1 Å². The second-order valence-electron chi connectivity index (χ2n) is 5.24. The highest BCUT2D eigenvalue weighted by molar-refractivity contribution is 5.88. The Morgan fingerprint density at radius 2 is 1.76 bits per heavy atom. The third-order valence-corrected chi connectivity index (χ3v) is 3.73. The summed E-state index contributed by atoms with van der Waals surface area (Å²) in [6.07, 6.45) is 0.854. The molecule has 2 unspecified atom stereocenters. The van der Waals surface area contributed by atoms with E-state index >= 15 is 0 Å². The van der Waals surface area contributed by atoms with Gasteiger partial charge in [0.2, 0.25) is 0 Å². The van der Waals surface area contributed by atoms with Crippen LogP contribution in [0.25, 0.3) is 0 Å². The molecule has 0 aromatic heterocycles. The number of anilines is 2.